The van der Waals surface area contributed by atoms with Crippen LogP contribution in [0.5, 0.6) is 11.5 Å². The van der Waals surface area contributed by atoms with E-state index in [9.17, 15) is 9.59 Å². The second-order valence-corrected chi connectivity index (χ2v) is 4.45. The molecule has 0 aromatic heterocycles. The third-order valence-electron chi connectivity index (χ3n) is 2.90. The number of carbonyl (C=O) groups excluding carboxylic acids is 1. The fraction of sp³-hybridized carbons (Fsp3) is 0.429. The molecular formula is C14H17NO5. The van der Waals surface area contributed by atoms with Crippen LogP contribution in [0.4, 0.5) is 0 Å². The summed E-state index contributed by atoms with van der Waals surface area (Å²) in [6.45, 7) is 2.78. The number of nitrogens with zero attached hydrogens (tertiary/aromatic N) is 1. The number of ether oxygens (including phenoxy) is 2. The van der Waals surface area contributed by atoms with Crippen LogP contribution in [0.1, 0.15) is 23.7 Å². The predicted molar refractivity (Wildman–Crippen MR) is 71.3 cm³/mol. The van der Waals surface area contributed by atoms with Crippen molar-refractivity contribution in [2.75, 3.05) is 26.3 Å². The smallest absolute Gasteiger partial charge is 0.323 e. The van der Waals surface area contributed by atoms with Crippen LogP contribution in [-0.2, 0) is 4.79 Å². The van der Waals surface area contributed by atoms with Gasteiger partial charge in [0, 0.05) is 6.54 Å². The molecule has 1 aliphatic rings. The molecule has 1 N–H and O–H groups in total. The van der Waals surface area contributed by atoms with Gasteiger partial charge in [-0.25, -0.2) is 0 Å². The van der Waals surface area contributed by atoms with Crippen molar-refractivity contribution >= 4 is 11.9 Å². The third-order valence-corrected chi connectivity index (χ3v) is 2.90. The first-order valence-electron chi connectivity index (χ1n) is 6.53. The van der Waals surface area contributed by atoms with Gasteiger partial charge in [-0.1, -0.05) is 13.0 Å². The van der Waals surface area contributed by atoms with E-state index < -0.39 is 5.97 Å². The van der Waals surface area contributed by atoms with Gasteiger partial charge >= 0.3 is 5.97 Å². The fourth-order valence-electron chi connectivity index (χ4n) is 2.10. The molecule has 1 aliphatic heterocycles. The topological polar surface area (TPSA) is 76.1 Å². The molecule has 0 saturated heterocycles. The Hall–Kier alpha value is -2.24. The summed E-state index contributed by atoms with van der Waals surface area (Å²) < 4.78 is 10.9. The van der Waals surface area contributed by atoms with E-state index >= 15 is 0 Å². The first-order chi connectivity index (χ1) is 9.63. The van der Waals surface area contributed by atoms with Crippen molar-refractivity contribution in [1.82, 2.24) is 4.90 Å². The minimum absolute atomic E-state index is 0.322. The maximum atomic E-state index is 12.5. The van der Waals surface area contributed by atoms with Crippen molar-refractivity contribution in [2.24, 2.45) is 0 Å². The van der Waals surface area contributed by atoms with E-state index in [4.69, 9.17) is 14.6 Å². The Balaban J connectivity index is 2.29. The average Bonchev–Trinajstić information content (AvgIpc) is 2.45. The van der Waals surface area contributed by atoms with E-state index in [1.165, 1.54) is 4.90 Å². The predicted octanol–water partition coefficient (Wildman–Crippen LogP) is 1.39. The van der Waals surface area contributed by atoms with Crippen LogP contribution in [0.3, 0.4) is 0 Å². The maximum Gasteiger partial charge on any atom is 0.323 e. The number of fused-ring (bicyclic) bond motifs is 1. The van der Waals surface area contributed by atoms with Gasteiger partial charge in [-0.15, -0.1) is 0 Å². The van der Waals surface area contributed by atoms with Gasteiger partial charge in [0.15, 0.2) is 11.5 Å². The van der Waals surface area contributed by atoms with Gasteiger partial charge in [0.25, 0.3) is 5.91 Å². The van der Waals surface area contributed by atoms with E-state index in [1.54, 1.807) is 18.2 Å². The number of carboxylic acid groups (broad SMARTS) is 1. The number of hydrogen-bond acceptors (Lipinski definition) is 4. The lowest BCUT2D eigenvalue weighted by atomic mass is 10.1. The first-order valence-corrected chi connectivity index (χ1v) is 6.53. The van der Waals surface area contributed by atoms with Crippen molar-refractivity contribution < 1.29 is 24.2 Å². The molecule has 0 fully saturated rings. The van der Waals surface area contributed by atoms with E-state index in [1.807, 2.05) is 6.92 Å². The Morgan fingerprint density at radius 2 is 2.05 bits per heavy atom. The highest BCUT2D eigenvalue weighted by molar-refractivity contribution is 5.99. The van der Waals surface area contributed by atoms with Crippen molar-refractivity contribution in [3.63, 3.8) is 0 Å². The molecule has 1 aromatic rings. The van der Waals surface area contributed by atoms with Crippen molar-refractivity contribution in [2.45, 2.75) is 13.3 Å². The Labute approximate surface area is 116 Å². The summed E-state index contributed by atoms with van der Waals surface area (Å²) >= 11 is 0. The van der Waals surface area contributed by atoms with Crippen molar-refractivity contribution in [3.8, 4) is 11.5 Å². The molecule has 0 unspecified atom stereocenters. The summed E-state index contributed by atoms with van der Waals surface area (Å²) in [5.41, 5.74) is 0.344. The van der Waals surface area contributed by atoms with Crippen molar-refractivity contribution in [3.05, 3.63) is 23.8 Å². The van der Waals surface area contributed by atoms with Crippen LogP contribution >= 0.6 is 0 Å². The van der Waals surface area contributed by atoms with Crippen LogP contribution in [0, 0.1) is 0 Å². The van der Waals surface area contributed by atoms with Crippen LogP contribution in [-0.4, -0.2) is 48.2 Å². The molecule has 0 spiro atoms. The molecule has 2 rings (SSSR count). The van der Waals surface area contributed by atoms with Crippen molar-refractivity contribution in [1.29, 1.82) is 0 Å². The second-order valence-electron chi connectivity index (χ2n) is 4.45. The van der Waals surface area contributed by atoms with Gasteiger partial charge in [0.1, 0.15) is 19.8 Å². The molecule has 0 atom stereocenters. The molecule has 1 amide bonds. The molecule has 6 nitrogen and oxygen atoms in total. The summed E-state index contributed by atoms with van der Waals surface area (Å²) in [5.74, 6) is -0.463. The molecule has 20 heavy (non-hydrogen) atoms. The quantitative estimate of drug-likeness (QED) is 0.881. The van der Waals surface area contributed by atoms with E-state index in [-0.39, 0.29) is 12.5 Å². The molecule has 0 bridgehead atoms. The molecule has 1 heterocycles. The number of amides is 1. The SMILES string of the molecule is CCCN(CC(=O)O)C(=O)c1cccc2c1OCCO2. The zero-order chi connectivity index (χ0) is 14.5. The summed E-state index contributed by atoms with van der Waals surface area (Å²) in [5, 5.41) is 8.89. The molecule has 108 valence electrons. The minimum atomic E-state index is -1.03. The lowest BCUT2D eigenvalue weighted by Gasteiger charge is -2.24. The summed E-state index contributed by atoms with van der Waals surface area (Å²) in [4.78, 5) is 24.6. The Bertz CT molecular complexity index is 514. The second kappa shape index (κ2) is 6.27. The highest BCUT2D eigenvalue weighted by Crippen LogP contribution is 2.34. The standard InChI is InChI=1S/C14H17NO5/c1-2-6-15(9-12(16)17)14(18)10-4-3-5-11-13(10)20-8-7-19-11/h3-5H,2,6-9H2,1H3,(H,16,17). The summed E-state index contributed by atoms with van der Waals surface area (Å²) in [6, 6.07) is 5.05. The van der Waals surface area contributed by atoms with Crippen LogP contribution < -0.4 is 9.47 Å². The third kappa shape index (κ3) is 3.01. The zero-order valence-corrected chi connectivity index (χ0v) is 11.3. The van der Waals surface area contributed by atoms with E-state index in [0.717, 1.165) is 0 Å². The lowest BCUT2D eigenvalue weighted by molar-refractivity contribution is -0.137. The normalized spacial score (nSPS) is 12.8. The number of carbonyl (C=O) groups is 2. The van der Waals surface area contributed by atoms with E-state index in [0.29, 0.717) is 43.2 Å². The largest absolute Gasteiger partial charge is 0.486 e. The van der Waals surface area contributed by atoms with Crippen LogP contribution in [0.15, 0.2) is 18.2 Å². The van der Waals surface area contributed by atoms with Gasteiger partial charge in [0.05, 0.1) is 5.56 Å². The highest BCUT2D eigenvalue weighted by atomic mass is 16.6. The number of benzene rings is 1. The summed E-state index contributed by atoms with van der Waals surface area (Å²) in [7, 11) is 0. The maximum absolute atomic E-state index is 12.5. The molecule has 1 aromatic carbocycles. The Morgan fingerprint density at radius 1 is 1.30 bits per heavy atom. The lowest BCUT2D eigenvalue weighted by Crippen LogP contribution is -2.36. The zero-order valence-electron chi connectivity index (χ0n) is 11.3. The van der Waals surface area contributed by atoms with Gasteiger partial charge in [0.2, 0.25) is 0 Å². The Morgan fingerprint density at radius 3 is 2.75 bits per heavy atom. The van der Waals surface area contributed by atoms with Crippen LogP contribution in [0.2, 0.25) is 0 Å². The number of rotatable bonds is 5. The minimum Gasteiger partial charge on any atom is -0.486 e. The molecule has 0 saturated carbocycles. The number of para-hydroxylation sites is 1. The Kier molecular flexibility index (Phi) is 4.45. The molecular weight excluding hydrogens is 262 g/mol. The highest BCUT2D eigenvalue weighted by Gasteiger charge is 2.25. The van der Waals surface area contributed by atoms with Gasteiger partial charge in [-0.05, 0) is 18.6 Å². The van der Waals surface area contributed by atoms with Crippen LogP contribution in [0.25, 0.3) is 0 Å². The van der Waals surface area contributed by atoms with Gasteiger partial charge in [-0.2, -0.15) is 0 Å². The summed E-state index contributed by atoms with van der Waals surface area (Å²) in [6.07, 6.45) is 0.686. The monoisotopic (exact) mass is 279 g/mol. The molecule has 6 heteroatoms. The first kappa shape index (κ1) is 14.2. The number of aliphatic carboxylic acids is 1. The van der Waals surface area contributed by atoms with E-state index in [2.05, 4.69) is 0 Å². The molecule has 0 aliphatic carbocycles. The molecule has 0 radical (unpaired) electrons. The number of carboxylic acids is 1. The fourth-order valence-corrected chi connectivity index (χ4v) is 2.10. The van der Waals surface area contributed by atoms with Gasteiger partial charge in [-0.3, -0.25) is 9.59 Å². The average molecular weight is 279 g/mol. The number of hydrogen-bond donors (Lipinski definition) is 1. The van der Waals surface area contributed by atoms with Gasteiger partial charge < -0.3 is 19.5 Å².